The SMILES string of the molecule is C[C@@H](Oc1cccc([N+](=O)[O-])c1)C(=O)NC(=O)NCc1ccccc1. The summed E-state index contributed by atoms with van der Waals surface area (Å²) in [5.41, 5.74) is 0.747. The van der Waals surface area contributed by atoms with Gasteiger partial charge in [0.05, 0.1) is 11.0 Å². The number of carbonyl (C=O) groups excluding carboxylic acids is 2. The third-order valence-corrected chi connectivity index (χ3v) is 3.24. The number of amides is 3. The number of ether oxygens (including phenoxy) is 1. The van der Waals surface area contributed by atoms with Gasteiger partial charge in [-0.3, -0.25) is 20.2 Å². The quantitative estimate of drug-likeness (QED) is 0.618. The summed E-state index contributed by atoms with van der Waals surface area (Å²) in [5, 5.41) is 15.4. The predicted molar refractivity (Wildman–Crippen MR) is 90.0 cm³/mol. The van der Waals surface area contributed by atoms with Crippen molar-refractivity contribution in [3.8, 4) is 5.75 Å². The van der Waals surface area contributed by atoms with E-state index in [1.807, 2.05) is 30.3 Å². The highest BCUT2D eigenvalue weighted by molar-refractivity contribution is 5.96. The Balaban J connectivity index is 1.84. The number of nitro groups is 1. The normalized spacial score (nSPS) is 11.2. The predicted octanol–water partition coefficient (Wildman–Crippen LogP) is 2.39. The average Bonchev–Trinajstić information content (AvgIpc) is 2.61. The van der Waals surface area contributed by atoms with Crippen LogP contribution in [-0.2, 0) is 11.3 Å². The molecule has 130 valence electrons. The second-order valence-electron chi connectivity index (χ2n) is 5.17. The Bertz CT molecular complexity index is 764. The molecule has 2 rings (SSSR count). The van der Waals surface area contributed by atoms with Gasteiger partial charge in [-0.1, -0.05) is 36.4 Å². The van der Waals surface area contributed by atoms with Crippen LogP contribution in [0.1, 0.15) is 12.5 Å². The van der Waals surface area contributed by atoms with Crippen molar-refractivity contribution in [2.45, 2.75) is 19.6 Å². The zero-order chi connectivity index (χ0) is 18.2. The Morgan fingerprint density at radius 3 is 2.56 bits per heavy atom. The first-order valence-corrected chi connectivity index (χ1v) is 7.49. The van der Waals surface area contributed by atoms with Crippen molar-refractivity contribution in [2.24, 2.45) is 0 Å². The van der Waals surface area contributed by atoms with Crippen molar-refractivity contribution >= 4 is 17.6 Å². The molecule has 2 aromatic carbocycles. The maximum absolute atomic E-state index is 12.0. The zero-order valence-electron chi connectivity index (χ0n) is 13.5. The van der Waals surface area contributed by atoms with E-state index in [1.54, 1.807) is 0 Å². The fourth-order valence-electron chi connectivity index (χ4n) is 1.96. The van der Waals surface area contributed by atoms with E-state index in [1.165, 1.54) is 31.2 Å². The zero-order valence-corrected chi connectivity index (χ0v) is 13.5. The second-order valence-corrected chi connectivity index (χ2v) is 5.17. The first kappa shape index (κ1) is 17.9. The number of nitro benzene ring substituents is 1. The monoisotopic (exact) mass is 343 g/mol. The molecule has 0 bridgehead atoms. The molecule has 0 saturated heterocycles. The van der Waals surface area contributed by atoms with Crippen LogP contribution < -0.4 is 15.4 Å². The minimum absolute atomic E-state index is 0.147. The van der Waals surface area contributed by atoms with Crippen molar-refractivity contribution in [2.75, 3.05) is 0 Å². The number of non-ortho nitro benzene ring substituents is 1. The van der Waals surface area contributed by atoms with Crippen LogP contribution in [0.15, 0.2) is 54.6 Å². The Labute approximate surface area is 144 Å². The number of urea groups is 1. The molecule has 0 fully saturated rings. The van der Waals surface area contributed by atoms with Gasteiger partial charge in [-0.05, 0) is 18.6 Å². The number of hydrogen-bond acceptors (Lipinski definition) is 5. The number of nitrogens with one attached hydrogen (secondary N) is 2. The molecule has 1 atom stereocenters. The lowest BCUT2D eigenvalue weighted by Gasteiger charge is -2.14. The molecule has 8 nitrogen and oxygen atoms in total. The standard InChI is InChI=1S/C17H17N3O5/c1-12(25-15-9-5-8-14(10-15)20(23)24)16(21)19-17(22)18-11-13-6-3-2-4-7-13/h2-10,12H,11H2,1H3,(H2,18,19,21,22)/t12-/m1/s1. The van der Waals surface area contributed by atoms with Crippen molar-refractivity contribution in [3.63, 3.8) is 0 Å². The van der Waals surface area contributed by atoms with Crippen LogP contribution in [0.5, 0.6) is 5.75 Å². The highest BCUT2D eigenvalue weighted by Gasteiger charge is 2.18. The lowest BCUT2D eigenvalue weighted by molar-refractivity contribution is -0.384. The van der Waals surface area contributed by atoms with Gasteiger partial charge in [0.1, 0.15) is 5.75 Å². The third-order valence-electron chi connectivity index (χ3n) is 3.24. The van der Waals surface area contributed by atoms with Crippen LogP contribution >= 0.6 is 0 Å². The van der Waals surface area contributed by atoms with Crippen LogP contribution in [0.25, 0.3) is 0 Å². The van der Waals surface area contributed by atoms with Crippen LogP contribution in [0.3, 0.4) is 0 Å². The van der Waals surface area contributed by atoms with Crippen molar-refractivity contribution < 1.29 is 19.2 Å². The molecule has 0 radical (unpaired) electrons. The molecule has 0 heterocycles. The summed E-state index contributed by atoms with van der Waals surface area (Å²) in [4.78, 5) is 33.9. The Morgan fingerprint density at radius 1 is 1.16 bits per heavy atom. The lowest BCUT2D eigenvalue weighted by Crippen LogP contribution is -2.44. The van der Waals surface area contributed by atoms with E-state index in [0.29, 0.717) is 0 Å². The van der Waals surface area contributed by atoms with Crippen molar-refractivity contribution in [1.29, 1.82) is 0 Å². The third kappa shape index (κ3) is 5.61. The molecule has 0 aliphatic carbocycles. The smallest absolute Gasteiger partial charge is 0.321 e. The maximum Gasteiger partial charge on any atom is 0.321 e. The summed E-state index contributed by atoms with van der Waals surface area (Å²) in [6, 6.07) is 14.0. The van der Waals surface area contributed by atoms with Gasteiger partial charge >= 0.3 is 6.03 Å². The molecule has 3 amide bonds. The van der Waals surface area contributed by atoms with Gasteiger partial charge < -0.3 is 10.1 Å². The summed E-state index contributed by atoms with van der Waals surface area (Å²) in [5.74, 6) is -0.487. The number of nitrogens with zero attached hydrogens (tertiary/aromatic N) is 1. The lowest BCUT2D eigenvalue weighted by atomic mass is 10.2. The Morgan fingerprint density at radius 2 is 1.88 bits per heavy atom. The van der Waals surface area contributed by atoms with E-state index in [-0.39, 0.29) is 18.0 Å². The fraction of sp³-hybridized carbons (Fsp3) is 0.176. The molecule has 25 heavy (non-hydrogen) atoms. The van der Waals surface area contributed by atoms with Gasteiger partial charge in [-0.15, -0.1) is 0 Å². The van der Waals surface area contributed by atoms with Gasteiger partial charge in [0.25, 0.3) is 11.6 Å². The number of rotatable bonds is 6. The Hall–Kier alpha value is -3.42. The van der Waals surface area contributed by atoms with E-state index in [2.05, 4.69) is 10.6 Å². The van der Waals surface area contributed by atoms with Crippen LogP contribution in [-0.4, -0.2) is 23.0 Å². The summed E-state index contributed by atoms with van der Waals surface area (Å²) >= 11 is 0. The van der Waals surface area contributed by atoms with Crippen molar-refractivity contribution in [3.05, 3.63) is 70.3 Å². The van der Waals surface area contributed by atoms with Gasteiger partial charge in [0.15, 0.2) is 6.10 Å². The summed E-state index contributed by atoms with van der Waals surface area (Å²) in [7, 11) is 0. The number of hydrogen-bond donors (Lipinski definition) is 2. The molecule has 0 spiro atoms. The first-order valence-electron chi connectivity index (χ1n) is 7.49. The molecule has 0 aliphatic heterocycles. The molecule has 0 aliphatic rings. The molecule has 8 heteroatoms. The van der Waals surface area contributed by atoms with Gasteiger partial charge in [0, 0.05) is 12.6 Å². The summed E-state index contributed by atoms with van der Waals surface area (Å²) < 4.78 is 5.33. The molecular weight excluding hydrogens is 326 g/mol. The van der Waals surface area contributed by atoms with E-state index in [4.69, 9.17) is 4.74 Å². The van der Waals surface area contributed by atoms with E-state index in [9.17, 15) is 19.7 Å². The van der Waals surface area contributed by atoms with Gasteiger partial charge in [-0.2, -0.15) is 0 Å². The minimum Gasteiger partial charge on any atom is -0.481 e. The molecule has 2 aromatic rings. The summed E-state index contributed by atoms with van der Waals surface area (Å²) in [6.45, 7) is 1.72. The average molecular weight is 343 g/mol. The van der Waals surface area contributed by atoms with E-state index >= 15 is 0 Å². The van der Waals surface area contributed by atoms with Gasteiger partial charge in [0.2, 0.25) is 0 Å². The Kier molecular flexibility index (Phi) is 6.05. The molecular formula is C17H17N3O5. The maximum atomic E-state index is 12.0. The number of carbonyl (C=O) groups is 2. The minimum atomic E-state index is -0.996. The van der Waals surface area contributed by atoms with Crippen LogP contribution in [0.2, 0.25) is 0 Å². The van der Waals surface area contributed by atoms with E-state index in [0.717, 1.165) is 5.56 Å². The van der Waals surface area contributed by atoms with Crippen LogP contribution in [0, 0.1) is 10.1 Å². The molecule has 0 saturated carbocycles. The molecule has 0 unspecified atom stereocenters. The highest BCUT2D eigenvalue weighted by atomic mass is 16.6. The summed E-state index contributed by atoms with van der Waals surface area (Å²) in [6.07, 6.45) is -0.996. The largest absolute Gasteiger partial charge is 0.481 e. The molecule has 0 aromatic heterocycles. The first-order chi connectivity index (χ1) is 12.0. The topological polar surface area (TPSA) is 111 Å². The molecule has 2 N–H and O–H groups in total. The van der Waals surface area contributed by atoms with Crippen molar-refractivity contribution in [1.82, 2.24) is 10.6 Å². The fourth-order valence-corrected chi connectivity index (χ4v) is 1.96. The number of imide groups is 1. The second kappa shape index (κ2) is 8.44. The van der Waals surface area contributed by atoms with Crippen LogP contribution in [0.4, 0.5) is 10.5 Å². The van der Waals surface area contributed by atoms with Gasteiger partial charge in [-0.25, -0.2) is 4.79 Å². The van der Waals surface area contributed by atoms with E-state index < -0.39 is 23.0 Å². The highest BCUT2D eigenvalue weighted by Crippen LogP contribution is 2.20. The number of benzene rings is 2.